The number of hydrogen-bond acceptors (Lipinski definition) is 8. The van der Waals surface area contributed by atoms with E-state index in [4.69, 9.17) is 18.6 Å². The summed E-state index contributed by atoms with van der Waals surface area (Å²) in [5, 5.41) is 0. The van der Waals surface area contributed by atoms with Crippen LogP contribution in [-0.2, 0) is 9.53 Å². The number of carbonyl (C=O) groups is 1. The van der Waals surface area contributed by atoms with Crippen LogP contribution in [-0.4, -0.2) is 31.4 Å². The fourth-order valence-electron chi connectivity index (χ4n) is 4.66. The Kier molecular flexibility index (Phi) is 7.82. The molecule has 0 amide bonds. The topological polar surface area (TPSA) is 92.3 Å². The van der Waals surface area contributed by atoms with Crippen LogP contribution in [0.1, 0.15) is 36.8 Å². The number of hydrogen-bond donors (Lipinski definition) is 0. The number of carbonyl (C=O) groups excluding carboxylic acids is 1. The molecule has 8 nitrogen and oxygen atoms in total. The number of thiazole rings is 1. The summed E-state index contributed by atoms with van der Waals surface area (Å²) in [4.78, 5) is 32.2. The number of benzene rings is 2. The third kappa shape index (κ3) is 5.04. The Labute approximate surface area is 243 Å². The molecule has 0 unspecified atom stereocenters. The molecule has 2 aromatic carbocycles. The first-order valence-corrected chi connectivity index (χ1v) is 14.1. The van der Waals surface area contributed by atoms with E-state index in [2.05, 4.69) is 20.9 Å². The Bertz CT molecular complexity index is 1830. The van der Waals surface area contributed by atoms with E-state index in [1.807, 2.05) is 37.3 Å². The molecule has 0 saturated carbocycles. The van der Waals surface area contributed by atoms with Crippen molar-refractivity contribution in [1.29, 1.82) is 0 Å². The van der Waals surface area contributed by atoms with E-state index in [-0.39, 0.29) is 17.7 Å². The third-order valence-corrected chi connectivity index (χ3v) is 8.18. The van der Waals surface area contributed by atoms with Crippen molar-refractivity contribution in [3.05, 3.63) is 101 Å². The minimum atomic E-state index is -0.835. The Morgan fingerprint density at radius 1 is 1.12 bits per heavy atom. The molecule has 1 aliphatic rings. The number of furan rings is 1. The van der Waals surface area contributed by atoms with Crippen molar-refractivity contribution in [2.45, 2.75) is 26.8 Å². The van der Waals surface area contributed by atoms with E-state index < -0.39 is 12.0 Å². The number of esters is 1. The summed E-state index contributed by atoms with van der Waals surface area (Å²) < 4.78 is 25.4. The van der Waals surface area contributed by atoms with Crippen LogP contribution in [0.25, 0.3) is 17.4 Å². The number of allylic oxidation sites excluding steroid dienone is 1. The quantitative estimate of drug-likeness (QED) is 0.265. The summed E-state index contributed by atoms with van der Waals surface area (Å²) in [6.45, 7) is 5.67. The van der Waals surface area contributed by atoms with E-state index in [0.717, 1.165) is 15.6 Å². The molecule has 0 saturated heterocycles. The fourth-order valence-corrected chi connectivity index (χ4v) is 6.38. The molecule has 0 spiro atoms. The number of halogens is 1. The van der Waals surface area contributed by atoms with E-state index in [9.17, 15) is 9.59 Å². The van der Waals surface area contributed by atoms with Gasteiger partial charge in [-0.3, -0.25) is 9.36 Å². The number of aromatic nitrogens is 1. The van der Waals surface area contributed by atoms with Crippen molar-refractivity contribution < 1.29 is 23.4 Å². The molecule has 0 N–H and O–H groups in total. The molecule has 0 aliphatic carbocycles. The second-order valence-electron chi connectivity index (χ2n) is 9.10. The van der Waals surface area contributed by atoms with Gasteiger partial charge in [-0.1, -0.05) is 33.3 Å². The Balaban J connectivity index is 1.68. The van der Waals surface area contributed by atoms with Crippen molar-refractivity contribution in [3.8, 4) is 22.8 Å². The molecule has 206 valence electrons. The highest BCUT2D eigenvalue weighted by Crippen LogP contribution is 2.38. The zero-order valence-corrected chi connectivity index (χ0v) is 25.0. The highest BCUT2D eigenvalue weighted by molar-refractivity contribution is 9.10. The monoisotopic (exact) mass is 622 g/mol. The first-order chi connectivity index (χ1) is 19.2. The maximum absolute atomic E-state index is 13.9. The smallest absolute Gasteiger partial charge is 0.338 e. The summed E-state index contributed by atoms with van der Waals surface area (Å²) in [7, 11) is 3.09. The number of nitrogens with zero attached hydrogens (tertiary/aromatic N) is 2. The third-order valence-electron chi connectivity index (χ3n) is 6.54. The SMILES string of the molecule is CCOC(=O)C1=C(C)N=c2s/c(=C/c3ccc(-c4ccc(C)cc4Br)o3)c(=O)n2[C@@H]1c1cc(OC)ccc1OC. The van der Waals surface area contributed by atoms with Crippen LogP contribution >= 0.6 is 27.3 Å². The van der Waals surface area contributed by atoms with Crippen molar-refractivity contribution in [2.75, 3.05) is 20.8 Å². The van der Waals surface area contributed by atoms with Crippen LogP contribution in [0.5, 0.6) is 11.5 Å². The van der Waals surface area contributed by atoms with Crippen molar-refractivity contribution in [2.24, 2.45) is 4.99 Å². The van der Waals surface area contributed by atoms with E-state index in [0.29, 0.717) is 43.6 Å². The minimum Gasteiger partial charge on any atom is -0.497 e. The molecule has 40 heavy (non-hydrogen) atoms. The molecular weight excluding hydrogens is 596 g/mol. The van der Waals surface area contributed by atoms with Gasteiger partial charge in [-0.05, 0) is 68.8 Å². The molecule has 4 aromatic rings. The molecule has 0 bridgehead atoms. The number of fused-ring (bicyclic) bond motifs is 1. The molecule has 0 fully saturated rings. The van der Waals surface area contributed by atoms with Gasteiger partial charge in [0.2, 0.25) is 0 Å². The predicted molar refractivity (Wildman–Crippen MR) is 157 cm³/mol. The second kappa shape index (κ2) is 11.3. The largest absolute Gasteiger partial charge is 0.497 e. The van der Waals surface area contributed by atoms with Crippen molar-refractivity contribution in [1.82, 2.24) is 4.57 Å². The Hall–Kier alpha value is -3.89. The van der Waals surface area contributed by atoms with Gasteiger partial charge in [0.15, 0.2) is 4.80 Å². The van der Waals surface area contributed by atoms with E-state index in [1.165, 1.54) is 23.0 Å². The van der Waals surface area contributed by atoms with Gasteiger partial charge in [0.25, 0.3) is 5.56 Å². The van der Waals surface area contributed by atoms with Crippen LogP contribution in [0.3, 0.4) is 0 Å². The molecule has 1 atom stereocenters. The minimum absolute atomic E-state index is 0.180. The van der Waals surface area contributed by atoms with Gasteiger partial charge in [0.1, 0.15) is 29.1 Å². The summed E-state index contributed by atoms with van der Waals surface area (Å²) in [6.07, 6.45) is 1.69. The number of methoxy groups -OCH3 is 2. The van der Waals surface area contributed by atoms with Gasteiger partial charge < -0.3 is 18.6 Å². The fraction of sp³-hybridized carbons (Fsp3) is 0.233. The lowest BCUT2D eigenvalue weighted by molar-refractivity contribution is -0.139. The maximum Gasteiger partial charge on any atom is 0.338 e. The zero-order chi connectivity index (χ0) is 28.6. The van der Waals surface area contributed by atoms with E-state index in [1.54, 1.807) is 45.2 Å². The number of aryl methyl sites for hydroxylation is 1. The number of rotatable bonds is 7. The molecule has 0 radical (unpaired) electrons. The first-order valence-electron chi connectivity index (χ1n) is 12.5. The van der Waals surface area contributed by atoms with Gasteiger partial charge in [-0.15, -0.1) is 0 Å². The van der Waals surface area contributed by atoms with Gasteiger partial charge in [-0.25, -0.2) is 9.79 Å². The lowest BCUT2D eigenvalue weighted by Gasteiger charge is -2.26. The lowest BCUT2D eigenvalue weighted by atomic mass is 9.95. The standard InChI is InChI=1S/C30H27BrN2O6S/c1-6-38-29(35)26-17(3)32-30-33(27(26)21-14-18(36-4)8-11-23(21)37-5)28(34)25(40-30)15-19-9-12-24(39-19)20-10-7-16(2)13-22(20)31/h7-15,27H,6H2,1-5H3/b25-15+/t27-/m1/s1. The number of ether oxygens (including phenoxy) is 3. The maximum atomic E-state index is 13.9. The highest BCUT2D eigenvalue weighted by Gasteiger charge is 2.35. The summed E-state index contributed by atoms with van der Waals surface area (Å²) in [6, 6.07) is 14.1. The van der Waals surface area contributed by atoms with Crippen molar-refractivity contribution in [3.63, 3.8) is 0 Å². The average Bonchev–Trinajstić information content (AvgIpc) is 3.51. The average molecular weight is 624 g/mol. The molecular formula is C30H27BrN2O6S. The van der Waals surface area contributed by atoms with Crippen LogP contribution in [0.15, 0.2) is 78.5 Å². The van der Waals surface area contributed by atoms with Gasteiger partial charge in [-0.2, -0.15) is 0 Å². The zero-order valence-electron chi connectivity index (χ0n) is 22.6. The van der Waals surface area contributed by atoms with E-state index >= 15 is 0 Å². The van der Waals surface area contributed by atoms with Gasteiger partial charge in [0.05, 0.1) is 36.6 Å². The van der Waals surface area contributed by atoms with Crippen LogP contribution in [0.4, 0.5) is 0 Å². The van der Waals surface area contributed by atoms with Gasteiger partial charge in [0, 0.05) is 21.7 Å². The molecule has 2 aromatic heterocycles. The van der Waals surface area contributed by atoms with Crippen molar-refractivity contribution >= 4 is 39.3 Å². The normalized spacial score (nSPS) is 15.1. The van der Waals surface area contributed by atoms with Gasteiger partial charge >= 0.3 is 5.97 Å². The second-order valence-corrected chi connectivity index (χ2v) is 11.0. The molecule has 3 heterocycles. The Morgan fingerprint density at radius 2 is 1.93 bits per heavy atom. The summed E-state index contributed by atoms with van der Waals surface area (Å²) in [5.74, 6) is 1.69. The molecule has 10 heteroatoms. The van der Waals surface area contributed by atoms with Crippen LogP contribution < -0.4 is 24.4 Å². The first kappa shape index (κ1) is 27.7. The predicted octanol–water partition coefficient (Wildman–Crippen LogP) is 5.15. The highest BCUT2D eigenvalue weighted by atomic mass is 79.9. The summed E-state index contributed by atoms with van der Waals surface area (Å²) in [5.41, 5.74) is 3.02. The lowest BCUT2D eigenvalue weighted by Crippen LogP contribution is -2.40. The molecule has 1 aliphatic heterocycles. The molecule has 5 rings (SSSR count). The van der Waals surface area contributed by atoms with Crippen LogP contribution in [0.2, 0.25) is 0 Å². The summed E-state index contributed by atoms with van der Waals surface area (Å²) >= 11 is 4.82. The Morgan fingerprint density at radius 3 is 2.62 bits per heavy atom. The van der Waals surface area contributed by atoms with Crippen LogP contribution in [0, 0.1) is 6.92 Å².